The van der Waals surface area contributed by atoms with Crippen molar-refractivity contribution < 1.29 is 23.8 Å². The fourth-order valence-corrected chi connectivity index (χ4v) is 4.65. The van der Waals surface area contributed by atoms with Crippen LogP contribution in [-0.2, 0) is 19.1 Å². The van der Waals surface area contributed by atoms with E-state index in [1.54, 1.807) is 0 Å². The Hall–Kier alpha value is -2.60. The Bertz CT molecular complexity index is 910. The molecule has 2 heterocycles. The van der Waals surface area contributed by atoms with Crippen LogP contribution in [0.1, 0.15) is 63.9 Å². The number of hydrogen-bond donors (Lipinski definition) is 1. The average molecular weight is 426 g/mol. The summed E-state index contributed by atoms with van der Waals surface area (Å²) in [6.07, 6.45) is 4.81. The van der Waals surface area contributed by atoms with Crippen molar-refractivity contribution in [1.29, 1.82) is 0 Å². The smallest absolute Gasteiger partial charge is 0.336 e. The van der Waals surface area contributed by atoms with Crippen molar-refractivity contribution in [3.05, 3.63) is 52.4 Å². The molecule has 2 atom stereocenters. The van der Waals surface area contributed by atoms with Crippen LogP contribution in [0.15, 0.2) is 46.8 Å². The highest BCUT2D eigenvalue weighted by Gasteiger charge is 2.40. The van der Waals surface area contributed by atoms with Gasteiger partial charge in [0.15, 0.2) is 5.78 Å². The summed E-state index contributed by atoms with van der Waals surface area (Å²) in [6.45, 7) is 5.45. The van der Waals surface area contributed by atoms with Crippen molar-refractivity contribution in [2.75, 3.05) is 19.8 Å². The molecule has 1 aliphatic carbocycles. The average Bonchev–Trinajstić information content (AvgIpc) is 3.29. The highest BCUT2D eigenvalue weighted by molar-refractivity contribution is 6.04. The SMILES string of the molecule is CCCOc1ccccc1[C@@H]1C(C(=O)OC[C@@H]2CCCO2)=C(C)NC2=C1C(=O)CCC2. The van der Waals surface area contributed by atoms with Gasteiger partial charge in [-0.15, -0.1) is 0 Å². The van der Waals surface area contributed by atoms with Crippen LogP contribution in [0.3, 0.4) is 0 Å². The Labute approximate surface area is 183 Å². The fourth-order valence-electron chi connectivity index (χ4n) is 4.65. The lowest BCUT2D eigenvalue weighted by molar-refractivity contribution is -0.142. The Morgan fingerprint density at radius 3 is 2.84 bits per heavy atom. The quantitative estimate of drug-likeness (QED) is 0.661. The van der Waals surface area contributed by atoms with E-state index in [4.69, 9.17) is 14.2 Å². The van der Waals surface area contributed by atoms with Crippen LogP contribution in [0, 0.1) is 0 Å². The maximum atomic E-state index is 13.3. The molecule has 1 saturated heterocycles. The standard InChI is InChI=1S/C25H31NO5/c1-3-13-30-21-12-5-4-9-18(21)23-22(25(28)31-15-17-8-7-14-29-17)16(2)26-19-10-6-11-20(27)24(19)23/h4-5,9,12,17,23,26H,3,6-8,10-11,13-15H2,1-2H3/t17-,23+/m0/s1. The van der Waals surface area contributed by atoms with Gasteiger partial charge in [-0.25, -0.2) is 4.79 Å². The number of nitrogens with one attached hydrogen (secondary N) is 1. The van der Waals surface area contributed by atoms with Gasteiger partial charge in [-0.05, 0) is 45.1 Å². The molecule has 31 heavy (non-hydrogen) atoms. The van der Waals surface area contributed by atoms with Gasteiger partial charge in [0.2, 0.25) is 0 Å². The van der Waals surface area contributed by atoms with Gasteiger partial charge in [-0.2, -0.15) is 0 Å². The van der Waals surface area contributed by atoms with E-state index in [0.29, 0.717) is 36.5 Å². The van der Waals surface area contributed by atoms with Gasteiger partial charge in [-0.1, -0.05) is 25.1 Å². The summed E-state index contributed by atoms with van der Waals surface area (Å²) < 4.78 is 17.3. The Kier molecular flexibility index (Phi) is 6.76. The van der Waals surface area contributed by atoms with Crippen molar-refractivity contribution >= 4 is 11.8 Å². The van der Waals surface area contributed by atoms with Gasteiger partial charge < -0.3 is 19.5 Å². The Morgan fingerprint density at radius 2 is 2.06 bits per heavy atom. The Morgan fingerprint density at radius 1 is 1.23 bits per heavy atom. The number of ether oxygens (including phenoxy) is 3. The summed E-state index contributed by atoms with van der Waals surface area (Å²) in [6, 6.07) is 7.70. The fraction of sp³-hybridized carbons (Fsp3) is 0.520. The van der Waals surface area contributed by atoms with Crippen molar-refractivity contribution in [3.63, 3.8) is 0 Å². The van der Waals surface area contributed by atoms with E-state index in [1.165, 1.54) is 0 Å². The summed E-state index contributed by atoms with van der Waals surface area (Å²) in [5, 5.41) is 3.34. The van der Waals surface area contributed by atoms with Crippen molar-refractivity contribution in [3.8, 4) is 5.75 Å². The van der Waals surface area contributed by atoms with Gasteiger partial charge in [0, 0.05) is 35.6 Å². The molecule has 4 rings (SSSR count). The number of allylic oxidation sites excluding steroid dienone is 3. The predicted molar refractivity (Wildman–Crippen MR) is 117 cm³/mol. The summed E-state index contributed by atoms with van der Waals surface area (Å²) in [4.78, 5) is 26.4. The Balaban J connectivity index is 1.72. The normalized spacial score (nSPS) is 23.5. The number of dihydropyridines is 1. The van der Waals surface area contributed by atoms with Crippen LogP contribution in [0.4, 0.5) is 0 Å². The number of para-hydroxylation sites is 1. The van der Waals surface area contributed by atoms with E-state index in [0.717, 1.165) is 49.1 Å². The molecule has 0 bridgehead atoms. The van der Waals surface area contributed by atoms with Gasteiger partial charge in [0.1, 0.15) is 12.4 Å². The molecule has 3 aliphatic rings. The molecule has 6 heteroatoms. The molecule has 1 aromatic carbocycles. The molecule has 1 fully saturated rings. The van der Waals surface area contributed by atoms with Crippen LogP contribution in [0.25, 0.3) is 0 Å². The van der Waals surface area contributed by atoms with Crippen LogP contribution < -0.4 is 10.1 Å². The first-order valence-corrected chi connectivity index (χ1v) is 11.3. The first kappa shape index (κ1) is 21.6. The minimum absolute atomic E-state index is 0.0499. The minimum atomic E-state index is -0.492. The van der Waals surface area contributed by atoms with E-state index in [2.05, 4.69) is 12.2 Å². The number of Topliss-reactive ketones (excluding diaryl/α,β-unsaturated/α-hetero) is 1. The molecule has 6 nitrogen and oxygen atoms in total. The third kappa shape index (κ3) is 4.54. The number of esters is 1. The molecule has 1 aromatic rings. The van der Waals surface area contributed by atoms with Crippen molar-refractivity contribution in [1.82, 2.24) is 5.32 Å². The number of ketones is 1. The van der Waals surface area contributed by atoms with Crippen molar-refractivity contribution in [2.24, 2.45) is 0 Å². The maximum Gasteiger partial charge on any atom is 0.336 e. The van der Waals surface area contributed by atoms with Gasteiger partial charge in [0.25, 0.3) is 0 Å². The maximum absolute atomic E-state index is 13.3. The van der Waals surface area contributed by atoms with Crippen LogP contribution >= 0.6 is 0 Å². The summed E-state index contributed by atoms with van der Waals surface area (Å²) >= 11 is 0. The number of benzene rings is 1. The first-order chi connectivity index (χ1) is 15.1. The third-order valence-corrected chi connectivity index (χ3v) is 6.11. The van der Waals surface area contributed by atoms with E-state index < -0.39 is 11.9 Å². The van der Waals surface area contributed by atoms with Gasteiger partial charge >= 0.3 is 5.97 Å². The third-order valence-electron chi connectivity index (χ3n) is 6.11. The summed E-state index contributed by atoms with van der Waals surface area (Å²) in [5.41, 5.74) is 3.65. The molecule has 0 radical (unpaired) electrons. The molecule has 2 aliphatic heterocycles. The molecule has 0 aromatic heterocycles. The number of hydrogen-bond acceptors (Lipinski definition) is 6. The number of carbonyl (C=O) groups excluding carboxylic acids is 2. The van der Waals surface area contributed by atoms with Crippen LogP contribution in [0.2, 0.25) is 0 Å². The monoisotopic (exact) mass is 425 g/mol. The minimum Gasteiger partial charge on any atom is -0.493 e. The highest BCUT2D eigenvalue weighted by Crippen LogP contribution is 2.45. The van der Waals surface area contributed by atoms with Crippen LogP contribution in [-0.4, -0.2) is 37.7 Å². The summed E-state index contributed by atoms with van der Waals surface area (Å²) in [7, 11) is 0. The number of rotatable bonds is 7. The van der Waals surface area contributed by atoms with E-state index >= 15 is 0 Å². The molecule has 0 unspecified atom stereocenters. The molecule has 166 valence electrons. The lowest BCUT2D eigenvalue weighted by atomic mass is 9.75. The predicted octanol–water partition coefficient (Wildman–Crippen LogP) is 4.17. The largest absolute Gasteiger partial charge is 0.493 e. The second-order valence-electron chi connectivity index (χ2n) is 8.39. The lowest BCUT2D eigenvalue weighted by Gasteiger charge is -2.34. The molecular formula is C25H31NO5. The molecule has 0 spiro atoms. The number of carbonyl (C=O) groups is 2. The zero-order valence-electron chi connectivity index (χ0n) is 18.4. The van der Waals surface area contributed by atoms with E-state index in [1.807, 2.05) is 31.2 Å². The second-order valence-corrected chi connectivity index (χ2v) is 8.39. The van der Waals surface area contributed by atoms with Crippen molar-refractivity contribution in [2.45, 2.75) is 64.4 Å². The lowest BCUT2D eigenvalue weighted by Crippen LogP contribution is -2.35. The van der Waals surface area contributed by atoms with E-state index in [9.17, 15) is 9.59 Å². The molecule has 0 amide bonds. The first-order valence-electron chi connectivity index (χ1n) is 11.3. The van der Waals surface area contributed by atoms with E-state index in [-0.39, 0.29) is 18.5 Å². The van der Waals surface area contributed by atoms with Gasteiger partial charge in [-0.3, -0.25) is 4.79 Å². The zero-order valence-corrected chi connectivity index (χ0v) is 18.4. The molecule has 0 saturated carbocycles. The molecular weight excluding hydrogens is 394 g/mol. The zero-order chi connectivity index (χ0) is 21.8. The van der Waals surface area contributed by atoms with Crippen LogP contribution in [0.5, 0.6) is 5.75 Å². The highest BCUT2D eigenvalue weighted by atomic mass is 16.6. The second kappa shape index (κ2) is 9.69. The topological polar surface area (TPSA) is 73.9 Å². The van der Waals surface area contributed by atoms with Gasteiger partial charge in [0.05, 0.1) is 24.2 Å². The summed E-state index contributed by atoms with van der Waals surface area (Å²) in [5.74, 6) is -0.102. The molecule has 1 N–H and O–H groups in total.